The van der Waals surface area contributed by atoms with Gasteiger partial charge in [0.05, 0.1) is 5.69 Å². The molecule has 0 amide bonds. The number of H-pyrrole nitrogens is 1. The van der Waals surface area contributed by atoms with Crippen LogP contribution >= 0.6 is 11.8 Å². The molecule has 0 spiro atoms. The van der Waals surface area contributed by atoms with E-state index in [1.54, 1.807) is 18.7 Å². The predicted molar refractivity (Wildman–Crippen MR) is 85.6 cm³/mol. The Balaban J connectivity index is 2.32. The van der Waals surface area contributed by atoms with E-state index >= 15 is 0 Å². The molecule has 0 aliphatic carbocycles. The van der Waals surface area contributed by atoms with Crippen LogP contribution < -0.4 is 10.9 Å². The molecule has 118 valence electrons. The van der Waals surface area contributed by atoms with E-state index in [1.807, 2.05) is 6.26 Å². The second-order valence-corrected chi connectivity index (χ2v) is 5.77. The molecule has 0 radical (unpaired) electrons. The molecule has 2 aromatic rings. The number of halogens is 2. The quantitative estimate of drug-likeness (QED) is 0.802. The summed E-state index contributed by atoms with van der Waals surface area (Å²) in [5.41, 5.74) is 0.324. The van der Waals surface area contributed by atoms with Gasteiger partial charge in [0.2, 0.25) is 5.95 Å². The molecule has 0 saturated carbocycles. The fourth-order valence-electron chi connectivity index (χ4n) is 1.98. The molecule has 0 atom stereocenters. The highest BCUT2D eigenvalue weighted by Gasteiger charge is 2.14. The van der Waals surface area contributed by atoms with E-state index in [0.29, 0.717) is 23.8 Å². The summed E-state index contributed by atoms with van der Waals surface area (Å²) in [6, 6.07) is 3.69. The lowest BCUT2D eigenvalue weighted by Gasteiger charge is -2.10. The molecule has 7 heteroatoms. The van der Waals surface area contributed by atoms with Gasteiger partial charge in [-0.25, -0.2) is 13.8 Å². The van der Waals surface area contributed by atoms with Crippen LogP contribution in [0.2, 0.25) is 0 Å². The Morgan fingerprint density at radius 3 is 2.64 bits per heavy atom. The monoisotopic (exact) mass is 325 g/mol. The molecule has 2 rings (SSSR count). The molecule has 1 aromatic carbocycles. The van der Waals surface area contributed by atoms with Crippen molar-refractivity contribution in [1.82, 2.24) is 9.97 Å². The van der Waals surface area contributed by atoms with Crippen molar-refractivity contribution in [2.24, 2.45) is 0 Å². The van der Waals surface area contributed by atoms with Crippen molar-refractivity contribution in [1.29, 1.82) is 0 Å². The lowest BCUT2D eigenvalue weighted by atomic mass is 10.1. The number of aromatic amines is 1. The molecule has 0 unspecified atom stereocenters. The summed E-state index contributed by atoms with van der Waals surface area (Å²) in [6.07, 6.45) is 1.91. The molecule has 2 N–H and O–H groups in total. The highest BCUT2D eigenvalue weighted by Crippen LogP contribution is 2.17. The topological polar surface area (TPSA) is 57.8 Å². The Labute approximate surface area is 131 Å². The Morgan fingerprint density at radius 1 is 1.32 bits per heavy atom. The third kappa shape index (κ3) is 3.85. The summed E-state index contributed by atoms with van der Waals surface area (Å²) in [5, 5.41) is 2.99. The SMILES string of the molecule is CSCCNc1nc(Cc2c(F)cccc2F)c(C)c(=O)[nH]1. The summed E-state index contributed by atoms with van der Waals surface area (Å²) in [4.78, 5) is 18.8. The van der Waals surface area contributed by atoms with Crippen LogP contribution in [0, 0.1) is 18.6 Å². The number of aromatic nitrogens is 2. The van der Waals surface area contributed by atoms with Gasteiger partial charge in [-0.2, -0.15) is 11.8 Å². The van der Waals surface area contributed by atoms with Crippen molar-refractivity contribution in [3.05, 3.63) is 57.0 Å². The number of anilines is 1. The lowest BCUT2D eigenvalue weighted by Crippen LogP contribution is -2.19. The van der Waals surface area contributed by atoms with Gasteiger partial charge in [0, 0.05) is 29.8 Å². The van der Waals surface area contributed by atoms with Gasteiger partial charge in [-0.3, -0.25) is 9.78 Å². The van der Waals surface area contributed by atoms with Gasteiger partial charge in [0.25, 0.3) is 5.56 Å². The van der Waals surface area contributed by atoms with Crippen molar-refractivity contribution >= 4 is 17.7 Å². The molecule has 4 nitrogen and oxygen atoms in total. The van der Waals surface area contributed by atoms with Crippen molar-refractivity contribution in [2.75, 3.05) is 23.9 Å². The molecule has 22 heavy (non-hydrogen) atoms. The predicted octanol–water partition coefficient (Wildman–Crippen LogP) is 2.72. The minimum Gasteiger partial charge on any atom is -0.355 e. The maximum absolute atomic E-state index is 13.7. The number of benzene rings is 1. The van der Waals surface area contributed by atoms with Gasteiger partial charge < -0.3 is 5.32 Å². The molecular formula is C15H17F2N3OS. The van der Waals surface area contributed by atoms with Crippen LogP contribution in [0.25, 0.3) is 0 Å². The Morgan fingerprint density at radius 2 is 2.00 bits per heavy atom. The lowest BCUT2D eigenvalue weighted by molar-refractivity contribution is 0.560. The van der Waals surface area contributed by atoms with E-state index < -0.39 is 11.6 Å². The number of thioether (sulfide) groups is 1. The fraction of sp³-hybridized carbons (Fsp3) is 0.333. The van der Waals surface area contributed by atoms with E-state index in [9.17, 15) is 13.6 Å². The van der Waals surface area contributed by atoms with Gasteiger partial charge in [-0.1, -0.05) is 6.07 Å². The van der Waals surface area contributed by atoms with Crippen LogP contribution in [0.1, 0.15) is 16.8 Å². The largest absolute Gasteiger partial charge is 0.355 e. The highest BCUT2D eigenvalue weighted by atomic mass is 32.2. The van der Waals surface area contributed by atoms with Gasteiger partial charge in [0.1, 0.15) is 11.6 Å². The first-order valence-corrected chi connectivity index (χ1v) is 8.17. The zero-order valence-electron chi connectivity index (χ0n) is 12.4. The van der Waals surface area contributed by atoms with Gasteiger partial charge in [-0.05, 0) is 25.3 Å². The van der Waals surface area contributed by atoms with Crippen molar-refractivity contribution in [2.45, 2.75) is 13.3 Å². The van der Waals surface area contributed by atoms with E-state index in [1.165, 1.54) is 18.2 Å². The van der Waals surface area contributed by atoms with Gasteiger partial charge in [0.15, 0.2) is 0 Å². The molecular weight excluding hydrogens is 308 g/mol. The van der Waals surface area contributed by atoms with Gasteiger partial charge >= 0.3 is 0 Å². The van der Waals surface area contributed by atoms with Crippen molar-refractivity contribution in [3.63, 3.8) is 0 Å². The standard InChI is InChI=1S/C15H17F2N3OS/c1-9-13(8-10-11(16)4-3-5-12(10)17)19-15(20-14(9)21)18-6-7-22-2/h3-5H,6-8H2,1-2H3,(H2,18,19,20,21). The molecule has 0 saturated heterocycles. The van der Waals surface area contributed by atoms with E-state index in [2.05, 4.69) is 15.3 Å². The summed E-state index contributed by atoms with van der Waals surface area (Å²) in [5.74, 6) is -0.109. The number of hydrogen-bond acceptors (Lipinski definition) is 4. The van der Waals surface area contributed by atoms with Crippen molar-refractivity contribution < 1.29 is 8.78 Å². The normalized spacial score (nSPS) is 10.7. The number of nitrogens with zero attached hydrogens (tertiary/aromatic N) is 1. The number of hydrogen-bond donors (Lipinski definition) is 2. The first-order valence-electron chi connectivity index (χ1n) is 6.78. The highest BCUT2D eigenvalue weighted by molar-refractivity contribution is 7.98. The van der Waals surface area contributed by atoms with Crippen LogP contribution in [0.3, 0.4) is 0 Å². The maximum atomic E-state index is 13.7. The Kier molecular flexibility index (Phi) is 5.54. The molecule has 1 aromatic heterocycles. The Hall–Kier alpha value is -1.89. The van der Waals surface area contributed by atoms with E-state index in [4.69, 9.17) is 0 Å². The fourth-order valence-corrected chi connectivity index (χ4v) is 2.28. The first-order chi connectivity index (χ1) is 10.5. The minimum atomic E-state index is -0.640. The first kappa shape index (κ1) is 16.5. The molecule has 1 heterocycles. The van der Waals surface area contributed by atoms with E-state index in [0.717, 1.165) is 5.75 Å². The van der Waals surface area contributed by atoms with E-state index in [-0.39, 0.29) is 17.5 Å². The third-order valence-electron chi connectivity index (χ3n) is 3.26. The summed E-state index contributed by atoms with van der Waals surface area (Å²) >= 11 is 1.66. The van der Waals surface area contributed by atoms with Crippen LogP contribution in [-0.4, -0.2) is 28.5 Å². The average Bonchev–Trinajstić information content (AvgIpc) is 2.48. The van der Waals surface area contributed by atoms with Crippen molar-refractivity contribution in [3.8, 4) is 0 Å². The second kappa shape index (κ2) is 7.40. The van der Waals surface area contributed by atoms with Crippen LogP contribution in [-0.2, 0) is 6.42 Å². The molecule has 0 fully saturated rings. The maximum Gasteiger partial charge on any atom is 0.255 e. The number of rotatable bonds is 6. The average molecular weight is 325 g/mol. The zero-order chi connectivity index (χ0) is 16.1. The summed E-state index contributed by atoms with van der Waals surface area (Å²) in [7, 11) is 0. The smallest absolute Gasteiger partial charge is 0.255 e. The van der Waals surface area contributed by atoms with Crippen LogP contribution in [0.15, 0.2) is 23.0 Å². The summed E-state index contributed by atoms with van der Waals surface area (Å²) in [6.45, 7) is 2.23. The minimum absolute atomic E-state index is 0.0640. The van der Waals surface area contributed by atoms with Gasteiger partial charge in [-0.15, -0.1) is 0 Å². The molecule has 0 aliphatic rings. The van der Waals surface area contributed by atoms with Crippen LogP contribution in [0.4, 0.5) is 14.7 Å². The van der Waals surface area contributed by atoms with Crippen LogP contribution in [0.5, 0.6) is 0 Å². The zero-order valence-corrected chi connectivity index (χ0v) is 13.2. The second-order valence-electron chi connectivity index (χ2n) is 4.78. The summed E-state index contributed by atoms with van der Waals surface area (Å²) < 4.78 is 27.5. The number of nitrogens with one attached hydrogen (secondary N) is 2. The Bertz CT molecular complexity index is 698. The third-order valence-corrected chi connectivity index (χ3v) is 3.87. The molecule has 0 bridgehead atoms. The molecule has 0 aliphatic heterocycles.